The summed E-state index contributed by atoms with van der Waals surface area (Å²) in [6, 6.07) is 32.5. The number of ether oxygens (including phenoxy) is 1. The lowest BCUT2D eigenvalue weighted by Gasteiger charge is -2.24. The third kappa shape index (κ3) is 4.82. The van der Waals surface area contributed by atoms with Gasteiger partial charge in [0.05, 0.1) is 6.61 Å². The molecule has 0 atom stereocenters. The molecular formula is C31H26N2O3. The molecule has 0 N–H and O–H groups in total. The van der Waals surface area contributed by atoms with Crippen molar-refractivity contribution in [1.82, 2.24) is 4.90 Å². The fourth-order valence-corrected chi connectivity index (χ4v) is 4.44. The van der Waals surface area contributed by atoms with E-state index in [4.69, 9.17) is 4.74 Å². The van der Waals surface area contributed by atoms with Gasteiger partial charge in [-0.1, -0.05) is 91.0 Å². The van der Waals surface area contributed by atoms with Crippen molar-refractivity contribution < 1.29 is 14.3 Å². The van der Waals surface area contributed by atoms with Gasteiger partial charge < -0.3 is 9.64 Å². The summed E-state index contributed by atoms with van der Waals surface area (Å²) in [7, 11) is 0. The Bertz CT molecular complexity index is 1380. The number of ketones is 1. The van der Waals surface area contributed by atoms with Crippen LogP contribution < -0.4 is 0 Å². The number of benzene rings is 4. The predicted octanol–water partition coefficient (Wildman–Crippen LogP) is 6.13. The van der Waals surface area contributed by atoms with Gasteiger partial charge in [-0.05, 0) is 41.3 Å². The first-order valence-corrected chi connectivity index (χ1v) is 12.0. The van der Waals surface area contributed by atoms with Crippen molar-refractivity contribution in [3.8, 4) is 11.1 Å². The second kappa shape index (κ2) is 10.4. The van der Waals surface area contributed by atoms with Gasteiger partial charge in [0, 0.05) is 29.8 Å². The molecule has 0 spiro atoms. The van der Waals surface area contributed by atoms with Gasteiger partial charge in [0.25, 0.3) is 11.9 Å². The van der Waals surface area contributed by atoms with E-state index in [1.54, 1.807) is 36.4 Å². The molecule has 0 saturated heterocycles. The summed E-state index contributed by atoms with van der Waals surface area (Å²) in [5.74, 6) is -0.502. The Morgan fingerprint density at radius 3 is 1.78 bits per heavy atom. The van der Waals surface area contributed by atoms with Gasteiger partial charge in [0.15, 0.2) is 5.78 Å². The lowest BCUT2D eigenvalue weighted by atomic mass is 9.97. The Morgan fingerprint density at radius 2 is 1.19 bits per heavy atom. The van der Waals surface area contributed by atoms with E-state index in [2.05, 4.69) is 29.3 Å². The van der Waals surface area contributed by atoms with E-state index in [1.807, 2.05) is 54.3 Å². The highest BCUT2D eigenvalue weighted by Crippen LogP contribution is 2.32. The Balaban J connectivity index is 1.43. The van der Waals surface area contributed by atoms with Crippen LogP contribution in [0.4, 0.5) is 0 Å². The van der Waals surface area contributed by atoms with Crippen LogP contribution in [0.2, 0.25) is 0 Å². The molecule has 5 heteroatoms. The first-order valence-electron chi connectivity index (χ1n) is 12.0. The van der Waals surface area contributed by atoms with Crippen molar-refractivity contribution in [3.63, 3.8) is 0 Å². The number of carbonyl (C=O) groups excluding carboxylic acids is 2. The summed E-state index contributed by atoms with van der Waals surface area (Å²) >= 11 is 0. The standard InChI is InChI=1S/C31H26N2O3/c1-2-36-31(33-20-25-12-6-8-14-27(25)28-15-9-7-13-26(28)21-33)32-30(35)24-18-16-23(17-19-24)29(34)22-10-4-3-5-11-22/h3-19H,2,20-21H2,1H3. The largest absolute Gasteiger partial charge is 0.465 e. The van der Waals surface area contributed by atoms with Crippen LogP contribution in [0.5, 0.6) is 0 Å². The summed E-state index contributed by atoms with van der Waals surface area (Å²) in [6.45, 7) is 3.41. The van der Waals surface area contributed by atoms with Crippen LogP contribution in [0.25, 0.3) is 11.1 Å². The number of nitrogens with zero attached hydrogens (tertiary/aromatic N) is 2. The molecule has 1 aliphatic heterocycles. The smallest absolute Gasteiger partial charge is 0.296 e. The zero-order valence-electron chi connectivity index (χ0n) is 20.1. The average molecular weight is 475 g/mol. The number of hydrogen-bond donors (Lipinski definition) is 0. The van der Waals surface area contributed by atoms with E-state index in [1.165, 1.54) is 11.1 Å². The molecule has 0 fully saturated rings. The number of fused-ring (bicyclic) bond motifs is 3. The minimum absolute atomic E-state index is 0.0880. The van der Waals surface area contributed by atoms with Crippen molar-refractivity contribution in [1.29, 1.82) is 0 Å². The molecule has 4 aromatic rings. The molecule has 178 valence electrons. The van der Waals surface area contributed by atoms with Crippen LogP contribution in [0.3, 0.4) is 0 Å². The van der Waals surface area contributed by atoms with Gasteiger partial charge >= 0.3 is 0 Å². The number of aliphatic imine (C=N–C) groups is 1. The highest BCUT2D eigenvalue weighted by Gasteiger charge is 2.23. The summed E-state index contributed by atoms with van der Waals surface area (Å²) in [5.41, 5.74) is 6.17. The third-order valence-corrected chi connectivity index (χ3v) is 6.22. The number of carbonyl (C=O) groups is 2. The Hall–Kier alpha value is -4.51. The molecule has 0 aromatic heterocycles. The van der Waals surface area contributed by atoms with Crippen LogP contribution >= 0.6 is 0 Å². The van der Waals surface area contributed by atoms with Crippen molar-refractivity contribution in [2.45, 2.75) is 20.0 Å². The maximum absolute atomic E-state index is 13.1. The number of amides is 1. The lowest BCUT2D eigenvalue weighted by Crippen LogP contribution is -2.32. The molecule has 5 nitrogen and oxygen atoms in total. The zero-order valence-corrected chi connectivity index (χ0v) is 20.1. The molecule has 0 aliphatic carbocycles. The van der Waals surface area contributed by atoms with Crippen molar-refractivity contribution in [2.75, 3.05) is 6.61 Å². The minimum atomic E-state index is -0.414. The molecule has 0 radical (unpaired) electrons. The topological polar surface area (TPSA) is 59.0 Å². The van der Waals surface area contributed by atoms with E-state index in [0.29, 0.717) is 42.4 Å². The van der Waals surface area contributed by atoms with Gasteiger partial charge in [0.1, 0.15) is 0 Å². The number of hydrogen-bond acceptors (Lipinski definition) is 3. The predicted molar refractivity (Wildman–Crippen MR) is 141 cm³/mol. The number of amidine groups is 1. The first kappa shape index (κ1) is 23.2. The van der Waals surface area contributed by atoms with Gasteiger partial charge in [0.2, 0.25) is 0 Å². The minimum Gasteiger partial charge on any atom is -0.465 e. The SMILES string of the molecule is CCOC(=NC(=O)c1ccc(C(=O)c2ccccc2)cc1)N1Cc2ccccc2-c2ccccc2C1. The first-order chi connectivity index (χ1) is 17.6. The van der Waals surface area contributed by atoms with E-state index in [-0.39, 0.29) is 5.78 Å². The maximum Gasteiger partial charge on any atom is 0.296 e. The number of rotatable bonds is 4. The highest BCUT2D eigenvalue weighted by atomic mass is 16.5. The Labute approximate surface area is 210 Å². The van der Waals surface area contributed by atoms with Crippen LogP contribution in [-0.2, 0) is 17.8 Å². The van der Waals surface area contributed by atoms with Gasteiger partial charge in [-0.25, -0.2) is 0 Å². The van der Waals surface area contributed by atoms with Crippen LogP contribution in [-0.4, -0.2) is 29.2 Å². The summed E-state index contributed by atoms with van der Waals surface area (Å²) in [4.78, 5) is 32.2. The Kier molecular flexibility index (Phi) is 6.72. The van der Waals surface area contributed by atoms with Crippen molar-refractivity contribution in [3.05, 3.63) is 131 Å². The fraction of sp³-hybridized carbons (Fsp3) is 0.129. The van der Waals surface area contributed by atoms with Gasteiger partial charge in [-0.15, -0.1) is 0 Å². The van der Waals surface area contributed by atoms with Crippen LogP contribution in [0, 0.1) is 0 Å². The van der Waals surface area contributed by atoms with Crippen LogP contribution in [0.15, 0.2) is 108 Å². The van der Waals surface area contributed by atoms with E-state index in [9.17, 15) is 9.59 Å². The van der Waals surface area contributed by atoms with E-state index in [0.717, 1.165) is 11.1 Å². The summed E-state index contributed by atoms with van der Waals surface area (Å²) < 4.78 is 5.88. The molecular weight excluding hydrogens is 448 g/mol. The average Bonchev–Trinajstić information content (AvgIpc) is 3.10. The summed E-state index contributed by atoms with van der Waals surface area (Å²) in [6.07, 6.45) is 0. The third-order valence-electron chi connectivity index (χ3n) is 6.22. The van der Waals surface area contributed by atoms with Crippen molar-refractivity contribution >= 4 is 17.7 Å². The molecule has 1 heterocycles. The molecule has 1 amide bonds. The van der Waals surface area contributed by atoms with Crippen molar-refractivity contribution in [2.24, 2.45) is 4.99 Å². The molecule has 4 aromatic carbocycles. The monoisotopic (exact) mass is 474 g/mol. The summed E-state index contributed by atoms with van der Waals surface area (Å²) in [5, 5.41) is 0. The molecule has 36 heavy (non-hydrogen) atoms. The zero-order chi connectivity index (χ0) is 24.9. The van der Waals surface area contributed by atoms with Gasteiger partial charge in [-0.2, -0.15) is 4.99 Å². The fourth-order valence-electron chi connectivity index (χ4n) is 4.44. The molecule has 5 rings (SSSR count). The lowest BCUT2D eigenvalue weighted by molar-refractivity contribution is 0.0990. The molecule has 0 bridgehead atoms. The maximum atomic E-state index is 13.1. The highest BCUT2D eigenvalue weighted by molar-refractivity contribution is 6.09. The molecule has 1 aliphatic rings. The second-order valence-electron chi connectivity index (χ2n) is 8.58. The van der Waals surface area contributed by atoms with E-state index < -0.39 is 5.91 Å². The quantitative estimate of drug-likeness (QED) is 0.203. The Morgan fingerprint density at radius 1 is 0.694 bits per heavy atom. The van der Waals surface area contributed by atoms with E-state index >= 15 is 0 Å². The van der Waals surface area contributed by atoms with Crippen LogP contribution in [0.1, 0.15) is 44.3 Å². The van der Waals surface area contributed by atoms with Gasteiger partial charge in [-0.3, -0.25) is 9.59 Å². The second-order valence-corrected chi connectivity index (χ2v) is 8.58. The normalized spacial score (nSPS) is 12.8. The molecule has 0 saturated carbocycles. The molecule has 0 unspecified atom stereocenters.